The van der Waals surface area contributed by atoms with Gasteiger partial charge in [0.05, 0.1) is 0 Å². The van der Waals surface area contributed by atoms with Crippen LogP contribution in [-0.2, 0) is 4.79 Å². The normalized spacial score (nSPS) is 11.0. The molecule has 0 aliphatic carbocycles. The van der Waals surface area contributed by atoms with Crippen LogP contribution in [0.4, 0.5) is 0 Å². The van der Waals surface area contributed by atoms with Crippen LogP contribution in [0, 0.1) is 0 Å². The Morgan fingerprint density at radius 2 is 0.774 bits per heavy atom. The van der Waals surface area contributed by atoms with E-state index in [0.717, 1.165) is 13.0 Å². The maximum Gasteiger partial charge on any atom is 0.246 e. The molecule has 0 saturated heterocycles. The number of hydrogen-bond donors (Lipinski definition) is 1. The second-order valence-electron chi connectivity index (χ2n) is 9.81. The van der Waals surface area contributed by atoms with Gasteiger partial charge in [0.2, 0.25) is 5.91 Å². The molecule has 0 aromatic heterocycles. The highest BCUT2D eigenvalue weighted by Gasteiger charge is 1.99. The molecular weight excluding hydrogens is 378 g/mol. The van der Waals surface area contributed by atoms with E-state index in [0.29, 0.717) is 5.57 Å². The van der Waals surface area contributed by atoms with Gasteiger partial charge in [0.1, 0.15) is 0 Å². The summed E-state index contributed by atoms with van der Waals surface area (Å²) in [6, 6.07) is 0. The van der Waals surface area contributed by atoms with E-state index in [1.54, 1.807) is 6.92 Å². The number of amides is 1. The number of carbonyl (C=O) groups is 1. The van der Waals surface area contributed by atoms with Gasteiger partial charge in [0.15, 0.2) is 0 Å². The zero-order valence-corrected chi connectivity index (χ0v) is 21.6. The van der Waals surface area contributed by atoms with Crippen LogP contribution in [0.3, 0.4) is 0 Å². The number of rotatable bonds is 25. The molecule has 0 radical (unpaired) electrons. The first-order valence-corrected chi connectivity index (χ1v) is 14.1. The van der Waals surface area contributed by atoms with Crippen molar-refractivity contribution in [2.75, 3.05) is 6.54 Å². The molecule has 0 rings (SSSR count). The van der Waals surface area contributed by atoms with E-state index in [9.17, 15) is 4.79 Å². The summed E-state index contributed by atoms with van der Waals surface area (Å²) in [5.41, 5.74) is 0.606. The lowest BCUT2D eigenvalue weighted by Gasteiger charge is -2.05. The van der Waals surface area contributed by atoms with Crippen molar-refractivity contribution in [1.82, 2.24) is 5.32 Å². The molecule has 0 fully saturated rings. The van der Waals surface area contributed by atoms with Gasteiger partial charge in [0.25, 0.3) is 0 Å². The molecule has 0 unspecified atom stereocenters. The monoisotopic (exact) mass is 435 g/mol. The fraction of sp³-hybridized carbons (Fsp3) is 0.897. The summed E-state index contributed by atoms with van der Waals surface area (Å²) in [6.07, 6.45) is 32.5. The first-order valence-electron chi connectivity index (χ1n) is 14.1. The van der Waals surface area contributed by atoms with Gasteiger partial charge >= 0.3 is 0 Å². The van der Waals surface area contributed by atoms with Gasteiger partial charge in [-0.05, 0) is 13.3 Å². The van der Waals surface area contributed by atoms with E-state index in [1.807, 2.05) is 0 Å². The molecule has 31 heavy (non-hydrogen) atoms. The molecule has 0 heterocycles. The Balaban J connectivity index is 3.05. The Bertz CT molecular complexity index is 390. The molecule has 0 saturated carbocycles. The molecule has 0 aromatic rings. The molecule has 2 nitrogen and oxygen atoms in total. The highest BCUT2D eigenvalue weighted by Crippen LogP contribution is 2.15. The molecule has 0 atom stereocenters. The van der Waals surface area contributed by atoms with Gasteiger partial charge in [-0.2, -0.15) is 0 Å². The van der Waals surface area contributed by atoms with E-state index in [2.05, 4.69) is 18.8 Å². The van der Waals surface area contributed by atoms with Crippen molar-refractivity contribution >= 4 is 5.91 Å². The van der Waals surface area contributed by atoms with Gasteiger partial charge in [-0.25, -0.2) is 0 Å². The van der Waals surface area contributed by atoms with Crippen molar-refractivity contribution in [1.29, 1.82) is 0 Å². The second-order valence-corrected chi connectivity index (χ2v) is 9.81. The van der Waals surface area contributed by atoms with E-state index >= 15 is 0 Å². The third-order valence-electron chi connectivity index (χ3n) is 6.45. The van der Waals surface area contributed by atoms with Crippen LogP contribution in [-0.4, -0.2) is 12.5 Å². The second kappa shape index (κ2) is 25.5. The minimum atomic E-state index is -0.00111. The lowest BCUT2D eigenvalue weighted by molar-refractivity contribution is -0.117. The zero-order valence-electron chi connectivity index (χ0n) is 21.6. The fourth-order valence-electron chi connectivity index (χ4n) is 4.26. The predicted molar refractivity (Wildman–Crippen MR) is 140 cm³/mol. The van der Waals surface area contributed by atoms with Crippen molar-refractivity contribution in [2.24, 2.45) is 0 Å². The SMILES string of the molecule is C=C(C)C(=O)NCCCCCCCCCCCCCCCCCCCCCCCCC. The standard InChI is InChI=1S/C29H57NO/c1-4-5-6-7-8-9-10-11-12-13-14-15-16-17-18-19-20-21-22-23-24-25-26-27-30-29(31)28(2)3/h2,4-27H2,1,3H3,(H,30,31). The molecule has 2 heteroatoms. The maximum atomic E-state index is 11.4. The molecule has 1 amide bonds. The smallest absolute Gasteiger partial charge is 0.246 e. The molecular formula is C29H57NO. The highest BCUT2D eigenvalue weighted by molar-refractivity contribution is 5.91. The summed E-state index contributed by atoms with van der Waals surface area (Å²) < 4.78 is 0. The summed E-state index contributed by atoms with van der Waals surface area (Å²) in [5, 5.41) is 2.91. The highest BCUT2D eigenvalue weighted by atomic mass is 16.1. The minimum Gasteiger partial charge on any atom is -0.352 e. The number of hydrogen-bond acceptors (Lipinski definition) is 1. The Kier molecular flexibility index (Phi) is 24.8. The predicted octanol–water partition coefficient (Wildman–Crippen LogP) is 9.67. The number of unbranched alkanes of at least 4 members (excludes halogenated alkanes) is 22. The van der Waals surface area contributed by atoms with Gasteiger partial charge in [0, 0.05) is 12.1 Å². The molecule has 184 valence electrons. The first-order chi connectivity index (χ1) is 15.2. The number of nitrogens with one attached hydrogen (secondary N) is 1. The zero-order chi connectivity index (χ0) is 22.8. The lowest BCUT2D eigenvalue weighted by atomic mass is 10.0. The van der Waals surface area contributed by atoms with Crippen LogP contribution in [0.25, 0.3) is 0 Å². The topological polar surface area (TPSA) is 29.1 Å². The summed E-state index contributed by atoms with van der Waals surface area (Å²) in [7, 11) is 0. The van der Waals surface area contributed by atoms with Gasteiger partial charge in [-0.3, -0.25) is 4.79 Å². The van der Waals surface area contributed by atoms with Crippen molar-refractivity contribution < 1.29 is 4.79 Å². The minimum absolute atomic E-state index is 0.00111. The van der Waals surface area contributed by atoms with Gasteiger partial charge < -0.3 is 5.32 Å². The quantitative estimate of drug-likeness (QED) is 0.112. The van der Waals surface area contributed by atoms with Gasteiger partial charge in [-0.15, -0.1) is 0 Å². The Hall–Kier alpha value is -0.790. The van der Waals surface area contributed by atoms with Crippen LogP contribution in [0.2, 0.25) is 0 Å². The van der Waals surface area contributed by atoms with Crippen LogP contribution in [0.15, 0.2) is 12.2 Å². The summed E-state index contributed by atoms with van der Waals surface area (Å²) >= 11 is 0. The number of carbonyl (C=O) groups excluding carboxylic acids is 1. The largest absolute Gasteiger partial charge is 0.352 e. The van der Waals surface area contributed by atoms with E-state index < -0.39 is 0 Å². The maximum absolute atomic E-state index is 11.4. The van der Waals surface area contributed by atoms with Crippen molar-refractivity contribution in [3.05, 3.63) is 12.2 Å². The average Bonchev–Trinajstić information content (AvgIpc) is 2.76. The third-order valence-corrected chi connectivity index (χ3v) is 6.45. The van der Waals surface area contributed by atoms with E-state index in [4.69, 9.17) is 0 Å². The van der Waals surface area contributed by atoms with Crippen molar-refractivity contribution in [3.8, 4) is 0 Å². The van der Waals surface area contributed by atoms with E-state index in [1.165, 1.54) is 141 Å². The molecule has 1 N–H and O–H groups in total. The fourth-order valence-corrected chi connectivity index (χ4v) is 4.26. The molecule has 0 spiro atoms. The Morgan fingerprint density at radius 3 is 1.03 bits per heavy atom. The van der Waals surface area contributed by atoms with Crippen LogP contribution in [0.1, 0.15) is 162 Å². The third kappa shape index (κ3) is 25.3. The molecule has 0 aliphatic rings. The Labute approximate surface area is 196 Å². The van der Waals surface area contributed by atoms with Crippen LogP contribution < -0.4 is 5.32 Å². The van der Waals surface area contributed by atoms with Crippen LogP contribution >= 0.6 is 0 Å². The molecule has 0 aliphatic heterocycles. The summed E-state index contributed by atoms with van der Waals surface area (Å²) in [4.78, 5) is 11.4. The molecule has 0 aromatic carbocycles. The Morgan fingerprint density at radius 1 is 0.516 bits per heavy atom. The molecule has 0 bridgehead atoms. The first kappa shape index (κ1) is 30.2. The van der Waals surface area contributed by atoms with Crippen molar-refractivity contribution in [3.63, 3.8) is 0 Å². The lowest BCUT2D eigenvalue weighted by Crippen LogP contribution is -2.24. The average molecular weight is 436 g/mol. The van der Waals surface area contributed by atoms with Crippen LogP contribution in [0.5, 0.6) is 0 Å². The summed E-state index contributed by atoms with van der Waals surface area (Å²) in [5.74, 6) is -0.00111. The van der Waals surface area contributed by atoms with Gasteiger partial charge in [-0.1, -0.05) is 155 Å². The summed E-state index contributed by atoms with van der Waals surface area (Å²) in [6.45, 7) is 8.50. The van der Waals surface area contributed by atoms with Crippen molar-refractivity contribution in [2.45, 2.75) is 162 Å². The van der Waals surface area contributed by atoms with E-state index in [-0.39, 0.29) is 5.91 Å².